The van der Waals surface area contributed by atoms with Gasteiger partial charge in [-0.2, -0.15) is 0 Å². The van der Waals surface area contributed by atoms with Crippen LogP contribution in [0.25, 0.3) is 10.9 Å². The fourth-order valence-electron chi connectivity index (χ4n) is 4.10. The fourth-order valence-corrected chi connectivity index (χ4v) is 4.10. The Bertz CT molecular complexity index is 636. The molecule has 0 radical (unpaired) electrons. The van der Waals surface area contributed by atoms with E-state index >= 15 is 0 Å². The quantitative estimate of drug-likeness (QED) is 0.878. The lowest BCUT2D eigenvalue weighted by atomic mass is 9.87. The molecule has 4 rings (SSSR count). The first-order chi connectivity index (χ1) is 9.63. The molecule has 0 aliphatic carbocycles. The van der Waals surface area contributed by atoms with E-state index < -0.39 is 5.60 Å². The Labute approximate surface area is 118 Å². The molecule has 0 saturated carbocycles. The van der Waals surface area contributed by atoms with Gasteiger partial charge in [0.25, 0.3) is 0 Å². The van der Waals surface area contributed by atoms with Gasteiger partial charge in [0.1, 0.15) is 0 Å². The van der Waals surface area contributed by atoms with Crippen molar-refractivity contribution in [2.24, 2.45) is 0 Å². The summed E-state index contributed by atoms with van der Waals surface area (Å²) in [5, 5.41) is 15.8. The Kier molecular flexibility index (Phi) is 2.66. The molecule has 106 valence electrons. The molecule has 2 aliphatic heterocycles. The number of rotatable bonds is 2. The number of nitrogens with zero attached hydrogens (tertiary/aromatic N) is 2. The first-order valence-corrected chi connectivity index (χ1v) is 7.51. The zero-order chi connectivity index (χ0) is 13.7. The van der Waals surface area contributed by atoms with Crippen LogP contribution in [0, 0.1) is 6.92 Å². The minimum absolute atomic E-state index is 0.499. The molecule has 2 saturated heterocycles. The van der Waals surface area contributed by atoms with Gasteiger partial charge in [-0.1, -0.05) is 0 Å². The van der Waals surface area contributed by atoms with Crippen LogP contribution in [0.2, 0.25) is 0 Å². The molecule has 4 heterocycles. The Morgan fingerprint density at radius 3 is 2.90 bits per heavy atom. The molecule has 20 heavy (non-hydrogen) atoms. The number of piperidine rings is 1. The molecule has 2 N–H and O–H groups in total. The molecule has 4 heteroatoms. The average molecular weight is 271 g/mol. The van der Waals surface area contributed by atoms with Gasteiger partial charge in [0.05, 0.1) is 23.9 Å². The molecule has 2 unspecified atom stereocenters. The van der Waals surface area contributed by atoms with Crippen molar-refractivity contribution in [3.8, 4) is 0 Å². The lowest BCUT2D eigenvalue weighted by Gasteiger charge is -2.37. The second kappa shape index (κ2) is 4.30. The highest BCUT2D eigenvalue weighted by molar-refractivity contribution is 5.80. The number of aliphatic hydroxyl groups is 1. The molecule has 0 spiro atoms. The van der Waals surface area contributed by atoms with Gasteiger partial charge < -0.3 is 15.0 Å². The maximum absolute atomic E-state index is 11.0. The minimum Gasteiger partial charge on any atom is -0.388 e. The molecule has 4 nitrogen and oxygen atoms in total. The van der Waals surface area contributed by atoms with Crippen molar-refractivity contribution in [2.75, 3.05) is 0 Å². The standard InChI is InChI=1S/C16H21N3O/c1-11-6-12-4-5-17-9-15(12)19(11)10-16(20)7-13-2-3-14(8-16)18-13/h4-6,9,13-14,18,20H,2-3,7-8,10H2,1H3. The summed E-state index contributed by atoms with van der Waals surface area (Å²) in [6, 6.07) is 5.21. The van der Waals surface area contributed by atoms with Gasteiger partial charge >= 0.3 is 0 Å². The summed E-state index contributed by atoms with van der Waals surface area (Å²) in [5.41, 5.74) is 1.75. The van der Waals surface area contributed by atoms with Crippen molar-refractivity contribution in [1.29, 1.82) is 0 Å². The minimum atomic E-state index is -0.580. The lowest BCUT2D eigenvalue weighted by molar-refractivity contribution is -0.0206. The highest BCUT2D eigenvalue weighted by atomic mass is 16.3. The van der Waals surface area contributed by atoms with Gasteiger partial charge in [-0.05, 0) is 44.7 Å². The van der Waals surface area contributed by atoms with Crippen LogP contribution in [0.5, 0.6) is 0 Å². The number of pyridine rings is 1. The number of aromatic nitrogens is 2. The van der Waals surface area contributed by atoms with Gasteiger partial charge in [-0.3, -0.25) is 4.98 Å². The van der Waals surface area contributed by atoms with Gasteiger partial charge in [0.15, 0.2) is 0 Å². The number of fused-ring (bicyclic) bond motifs is 3. The zero-order valence-electron chi connectivity index (χ0n) is 11.8. The molecule has 2 fully saturated rings. The predicted octanol–water partition coefficient (Wildman–Crippen LogP) is 1.99. The highest BCUT2D eigenvalue weighted by Gasteiger charge is 2.42. The average Bonchev–Trinajstić information content (AvgIpc) is 2.91. The van der Waals surface area contributed by atoms with Gasteiger partial charge in [0, 0.05) is 29.4 Å². The first kappa shape index (κ1) is 12.4. The monoisotopic (exact) mass is 271 g/mol. The maximum atomic E-state index is 11.0. The Balaban J connectivity index is 1.68. The highest BCUT2D eigenvalue weighted by Crippen LogP contribution is 2.36. The van der Waals surface area contributed by atoms with E-state index in [9.17, 15) is 5.11 Å². The van der Waals surface area contributed by atoms with Gasteiger partial charge in [-0.15, -0.1) is 0 Å². The van der Waals surface area contributed by atoms with Crippen LogP contribution in [0.1, 0.15) is 31.4 Å². The molecule has 2 atom stereocenters. The number of aryl methyl sites for hydroxylation is 1. The number of hydrogen-bond acceptors (Lipinski definition) is 3. The fraction of sp³-hybridized carbons (Fsp3) is 0.562. The second-order valence-corrected chi connectivity index (χ2v) is 6.58. The summed E-state index contributed by atoms with van der Waals surface area (Å²) in [6.07, 6.45) is 7.87. The van der Waals surface area contributed by atoms with E-state index in [0.717, 1.165) is 18.4 Å². The Hall–Kier alpha value is -1.39. The van der Waals surface area contributed by atoms with Crippen LogP contribution < -0.4 is 5.32 Å². The third kappa shape index (κ3) is 1.95. The number of hydrogen-bond donors (Lipinski definition) is 2. The van der Waals surface area contributed by atoms with Crippen molar-refractivity contribution in [3.05, 3.63) is 30.2 Å². The SMILES string of the molecule is Cc1cc2ccncc2n1CC1(O)CC2CCC(C1)N2. The van der Waals surface area contributed by atoms with Crippen LogP contribution in [-0.4, -0.2) is 32.3 Å². The predicted molar refractivity (Wildman–Crippen MR) is 78.6 cm³/mol. The topological polar surface area (TPSA) is 50.1 Å². The first-order valence-electron chi connectivity index (χ1n) is 7.51. The molecule has 0 aromatic carbocycles. The third-order valence-electron chi connectivity index (χ3n) is 4.95. The third-order valence-corrected chi connectivity index (χ3v) is 4.95. The van der Waals surface area contributed by atoms with Crippen LogP contribution in [-0.2, 0) is 6.54 Å². The molecule has 2 aliphatic rings. The zero-order valence-corrected chi connectivity index (χ0v) is 11.8. The van der Waals surface area contributed by atoms with Crippen LogP contribution in [0.4, 0.5) is 0 Å². The summed E-state index contributed by atoms with van der Waals surface area (Å²) in [6.45, 7) is 2.79. The summed E-state index contributed by atoms with van der Waals surface area (Å²) >= 11 is 0. The van der Waals surface area contributed by atoms with Crippen molar-refractivity contribution in [1.82, 2.24) is 14.9 Å². The van der Waals surface area contributed by atoms with Crippen molar-refractivity contribution in [2.45, 2.75) is 56.8 Å². The van der Waals surface area contributed by atoms with Crippen LogP contribution >= 0.6 is 0 Å². The van der Waals surface area contributed by atoms with E-state index in [1.807, 2.05) is 18.5 Å². The summed E-state index contributed by atoms with van der Waals surface area (Å²) in [4.78, 5) is 4.23. The van der Waals surface area contributed by atoms with E-state index in [0.29, 0.717) is 18.6 Å². The molecule has 2 bridgehead atoms. The largest absolute Gasteiger partial charge is 0.388 e. The molecular formula is C16H21N3O. The van der Waals surface area contributed by atoms with E-state index in [-0.39, 0.29) is 0 Å². The smallest absolute Gasteiger partial charge is 0.0855 e. The van der Waals surface area contributed by atoms with Crippen LogP contribution in [0.15, 0.2) is 24.5 Å². The molecule has 0 amide bonds. The second-order valence-electron chi connectivity index (χ2n) is 6.58. The van der Waals surface area contributed by atoms with E-state index in [1.54, 1.807) is 0 Å². The van der Waals surface area contributed by atoms with Crippen LogP contribution in [0.3, 0.4) is 0 Å². The molecule has 2 aromatic heterocycles. The Morgan fingerprint density at radius 1 is 1.40 bits per heavy atom. The van der Waals surface area contributed by atoms with Gasteiger partial charge in [-0.25, -0.2) is 0 Å². The van der Waals surface area contributed by atoms with E-state index in [4.69, 9.17) is 0 Å². The molecule has 2 aromatic rings. The maximum Gasteiger partial charge on any atom is 0.0855 e. The summed E-state index contributed by atoms with van der Waals surface area (Å²) in [7, 11) is 0. The van der Waals surface area contributed by atoms with E-state index in [2.05, 4.69) is 27.9 Å². The lowest BCUT2D eigenvalue weighted by Crippen LogP contribution is -2.50. The normalized spacial score (nSPS) is 32.9. The summed E-state index contributed by atoms with van der Waals surface area (Å²) < 4.78 is 2.23. The molecular weight excluding hydrogens is 250 g/mol. The summed E-state index contributed by atoms with van der Waals surface area (Å²) in [5.74, 6) is 0. The van der Waals surface area contributed by atoms with Crippen molar-refractivity contribution in [3.63, 3.8) is 0 Å². The van der Waals surface area contributed by atoms with E-state index in [1.165, 1.54) is 23.9 Å². The van der Waals surface area contributed by atoms with Crippen molar-refractivity contribution >= 4 is 10.9 Å². The number of nitrogens with one attached hydrogen (secondary N) is 1. The van der Waals surface area contributed by atoms with Gasteiger partial charge in [0.2, 0.25) is 0 Å². The Morgan fingerprint density at radius 2 is 2.15 bits per heavy atom. The van der Waals surface area contributed by atoms with Crippen molar-refractivity contribution < 1.29 is 5.11 Å².